The third-order valence-electron chi connectivity index (χ3n) is 4.48. The largest absolute Gasteiger partial charge is 0.347 e. The Morgan fingerprint density at radius 3 is 2.89 bits per heavy atom. The molecule has 0 bridgehead atoms. The van der Waals surface area contributed by atoms with E-state index in [2.05, 4.69) is 32.8 Å². The van der Waals surface area contributed by atoms with Crippen molar-refractivity contribution in [2.24, 2.45) is 4.99 Å². The van der Waals surface area contributed by atoms with Gasteiger partial charge in [0.05, 0.1) is 23.6 Å². The van der Waals surface area contributed by atoms with Crippen LogP contribution in [0.1, 0.15) is 27.3 Å². The maximum atomic E-state index is 14.1. The van der Waals surface area contributed by atoms with Gasteiger partial charge in [0.15, 0.2) is 5.69 Å². The van der Waals surface area contributed by atoms with Crippen molar-refractivity contribution in [1.29, 1.82) is 0 Å². The van der Waals surface area contributed by atoms with Crippen LogP contribution in [0.25, 0.3) is 5.69 Å². The van der Waals surface area contributed by atoms with E-state index in [0.29, 0.717) is 29.2 Å². The molecule has 3 aromatic rings. The standard InChI is InChI=1S/C21H16BrFN4O/c1-2-9-24-21(28)20-18-11-25-19(14-5-3-4-6-16(14)22)15-10-13(23)7-8-17(15)27(18)12-26-20/h2-8,10,12H,1,9,11H2,(H,24,28). The SMILES string of the molecule is C=CCNC(=O)c1ncn2c1CN=C(c1ccccc1Br)c1cc(F)ccc1-2. The van der Waals surface area contributed by atoms with Crippen molar-refractivity contribution < 1.29 is 9.18 Å². The summed E-state index contributed by atoms with van der Waals surface area (Å²) in [5.41, 5.74) is 3.82. The summed E-state index contributed by atoms with van der Waals surface area (Å²) in [4.78, 5) is 21.5. The van der Waals surface area contributed by atoms with Crippen molar-refractivity contribution in [3.05, 3.63) is 94.3 Å². The molecular formula is C21H16BrFN4O. The van der Waals surface area contributed by atoms with Gasteiger partial charge in [-0.1, -0.05) is 40.2 Å². The molecule has 5 nitrogen and oxygen atoms in total. The number of rotatable bonds is 4. The van der Waals surface area contributed by atoms with Crippen LogP contribution in [0.4, 0.5) is 4.39 Å². The minimum atomic E-state index is -0.356. The van der Waals surface area contributed by atoms with Crippen LogP contribution in [0.2, 0.25) is 0 Å². The lowest BCUT2D eigenvalue weighted by Crippen LogP contribution is -2.24. The average Bonchev–Trinajstić information content (AvgIpc) is 3.05. The quantitative estimate of drug-likeness (QED) is 0.624. The highest BCUT2D eigenvalue weighted by atomic mass is 79.9. The molecule has 1 aromatic heterocycles. The molecule has 0 saturated carbocycles. The van der Waals surface area contributed by atoms with E-state index in [1.54, 1.807) is 23.0 Å². The van der Waals surface area contributed by atoms with Crippen molar-refractivity contribution in [3.8, 4) is 5.69 Å². The summed E-state index contributed by atoms with van der Waals surface area (Å²) in [5.74, 6) is -0.650. The molecule has 0 radical (unpaired) electrons. The number of amides is 1. The molecule has 0 aliphatic carbocycles. The minimum absolute atomic E-state index is 0.240. The number of hydrogen-bond donors (Lipinski definition) is 1. The number of nitrogens with zero attached hydrogens (tertiary/aromatic N) is 3. The van der Waals surface area contributed by atoms with E-state index in [9.17, 15) is 9.18 Å². The Bertz CT molecular complexity index is 1120. The number of benzene rings is 2. The van der Waals surface area contributed by atoms with Gasteiger partial charge in [-0.3, -0.25) is 14.4 Å². The first-order chi connectivity index (χ1) is 13.6. The lowest BCUT2D eigenvalue weighted by molar-refractivity contribution is 0.0952. The first-order valence-corrected chi connectivity index (χ1v) is 9.44. The van der Waals surface area contributed by atoms with Crippen LogP contribution in [0.5, 0.6) is 0 Å². The third-order valence-corrected chi connectivity index (χ3v) is 5.17. The molecule has 0 spiro atoms. The van der Waals surface area contributed by atoms with Gasteiger partial charge in [0.25, 0.3) is 5.91 Å². The lowest BCUT2D eigenvalue weighted by atomic mass is 10.0. The number of aromatic nitrogens is 2. The van der Waals surface area contributed by atoms with Gasteiger partial charge >= 0.3 is 0 Å². The number of carbonyl (C=O) groups excluding carboxylic acids is 1. The predicted octanol–water partition coefficient (Wildman–Crippen LogP) is 4.04. The van der Waals surface area contributed by atoms with Crippen molar-refractivity contribution in [2.75, 3.05) is 6.54 Å². The maximum absolute atomic E-state index is 14.1. The molecule has 0 atom stereocenters. The zero-order valence-electron chi connectivity index (χ0n) is 14.8. The Morgan fingerprint density at radius 1 is 1.29 bits per heavy atom. The summed E-state index contributed by atoms with van der Waals surface area (Å²) < 4.78 is 16.8. The summed E-state index contributed by atoms with van der Waals surface area (Å²) in [6, 6.07) is 12.2. The second-order valence-electron chi connectivity index (χ2n) is 6.21. The first-order valence-electron chi connectivity index (χ1n) is 8.65. The van der Waals surface area contributed by atoms with E-state index in [4.69, 9.17) is 4.99 Å². The smallest absolute Gasteiger partial charge is 0.272 e. The fourth-order valence-electron chi connectivity index (χ4n) is 3.20. The molecule has 0 unspecified atom stereocenters. The molecule has 1 aliphatic heterocycles. The van der Waals surface area contributed by atoms with E-state index < -0.39 is 0 Å². The van der Waals surface area contributed by atoms with Gasteiger partial charge in [-0.25, -0.2) is 9.37 Å². The minimum Gasteiger partial charge on any atom is -0.347 e. The molecule has 0 fully saturated rings. The Kier molecular flexibility index (Phi) is 4.92. The number of imidazole rings is 1. The molecule has 2 heterocycles. The number of hydrogen-bond acceptors (Lipinski definition) is 3. The predicted molar refractivity (Wildman–Crippen MR) is 110 cm³/mol. The monoisotopic (exact) mass is 438 g/mol. The molecule has 2 aromatic carbocycles. The van der Waals surface area contributed by atoms with Crippen LogP contribution in [0.3, 0.4) is 0 Å². The normalized spacial score (nSPS) is 12.4. The third kappa shape index (κ3) is 3.18. The topological polar surface area (TPSA) is 59.3 Å². The van der Waals surface area contributed by atoms with Gasteiger partial charge in [0.1, 0.15) is 12.1 Å². The van der Waals surface area contributed by atoms with Gasteiger partial charge < -0.3 is 5.32 Å². The average molecular weight is 439 g/mol. The zero-order valence-corrected chi connectivity index (χ0v) is 16.4. The van der Waals surface area contributed by atoms with E-state index in [1.807, 2.05) is 24.3 Å². The van der Waals surface area contributed by atoms with E-state index in [0.717, 1.165) is 15.7 Å². The molecular weight excluding hydrogens is 423 g/mol. The van der Waals surface area contributed by atoms with Crippen LogP contribution in [-0.2, 0) is 6.54 Å². The fourth-order valence-corrected chi connectivity index (χ4v) is 3.67. The van der Waals surface area contributed by atoms with Crippen LogP contribution in [-0.4, -0.2) is 27.7 Å². The highest BCUT2D eigenvalue weighted by Gasteiger charge is 2.25. The lowest BCUT2D eigenvalue weighted by Gasteiger charge is -2.12. The van der Waals surface area contributed by atoms with Gasteiger partial charge in [0.2, 0.25) is 0 Å². The van der Waals surface area contributed by atoms with Crippen LogP contribution >= 0.6 is 15.9 Å². The van der Waals surface area contributed by atoms with Gasteiger partial charge in [0, 0.05) is 22.1 Å². The van der Waals surface area contributed by atoms with E-state index >= 15 is 0 Å². The van der Waals surface area contributed by atoms with E-state index in [-0.39, 0.29) is 18.3 Å². The highest BCUT2D eigenvalue weighted by Crippen LogP contribution is 2.29. The maximum Gasteiger partial charge on any atom is 0.272 e. The number of fused-ring (bicyclic) bond motifs is 3. The zero-order chi connectivity index (χ0) is 19.7. The number of aliphatic imine (C=N–C) groups is 1. The summed E-state index contributed by atoms with van der Waals surface area (Å²) in [5, 5.41) is 2.74. The second kappa shape index (κ2) is 7.52. The van der Waals surface area contributed by atoms with Crippen LogP contribution < -0.4 is 5.32 Å². The Balaban J connectivity index is 1.90. The summed E-state index contributed by atoms with van der Waals surface area (Å²) in [7, 11) is 0. The molecule has 0 saturated heterocycles. The van der Waals surface area contributed by atoms with Crippen LogP contribution in [0.15, 0.2) is 70.9 Å². The molecule has 140 valence electrons. The molecule has 1 N–H and O–H groups in total. The summed E-state index contributed by atoms with van der Waals surface area (Å²) in [6.07, 6.45) is 3.18. The Labute approximate surface area is 169 Å². The summed E-state index contributed by atoms with van der Waals surface area (Å²) >= 11 is 3.55. The van der Waals surface area contributed by atoms with Gasteiger partial charge in [-0.05, 0) is 24.3 Å². The first kappa shape index (κ1) is 18.3. The Morgan fingerprint density at radius 2 is 2.11 bits per heavy atom. The fraction of sp³-hybridized carbons (Fsp3) is 0.0952. The number of halogens is 2. The molecule has 1 amide bonds. The highest BCUT2D eigenvalue weighted by molar-refractivity contribution is 9.10. The second-order valence-corrected chi connectivity index (χ2v) is 7.07. The van der Waals surface area contributed by atoms with Crippen molar-refractivity contribution in [3.63, 3.8) is 0 Å². The van der Waals surface area contributed by atoms with Crippen LogP contribution in [0, 0.1) is 5.82 Å². The van der Waals surface area contributed by atoms with E-state index in [1.165, 1.54) is 12.1 Å². The number of carbonyl (C=O) groups is 1. The molecule has 7 heteroatoms. The molecule has 1 aliphatic rings. The molecule has 28 heavy (non-hydrogen) atoms. The number of nitrogens with one attached hydrogen (secondary N) is 1. The van der Waals surface area contributed by atoms with Gasteiger partial charge in [-0.2, -0.15) is 0 Å². The van der Waals surface area contributed by atoms with Crippen molar-refractivity contribution >= 4 is 27.5 Å². The van der Waals surface area contributed by atoms with Crippen molar-refractivity contribution in [1.82, 2.24) is 14.9 Å². The Hall–Kier alpha value is -3.06. The molecule has 4 rings (SSSR count). The van der Waals surface area contributed by atoms with Crippen molar-refractivity contribution in [2.45, 2.75) is 6.54 Å². The summed E-state index contributed by atoms with van der Waals surface area (Å²) in [6.45, 7) is 4.19. The van der Waals surface area contributed by atoms with Gasteiger partial charge in [-0.15, -0.1) is 6.58 Å².